The van der Waals surface area contributed by atoms with Crippen LogP contribution >= 0.6 is 11.3 Å². The van der Waals surface area contributed by atoms with Gasteiger partial charge in [-0.1, -0.05) is 6.07 Å². The molecule has 0 saturated heterocycles. The lowest BCUT2D eigenvalue weighted by Crippen LogP contribution is -2.31. The molecule has 0 amide bonds. The Morgan fingerprint density at radius 3 is 2.94 bits per heavy atom. The van der Waals surface area contributed by atoms with E-state index in [2.05, 4.69) is 34.3 Å². The van der Waals surface area contributed by atoms with Crippen molar-refractivity contribution in [2.75, 3.05) is 11.9 Å². The summed E-state index contributed by atoms with van der Waals surface area (Å²) in [5.41, 5.74) is 0.898. The third-order valence-electron chi connectivity index (χ3n) is 3.09. The Labute approximate surface area is 112 Å². The molecule has 2 heterocycles. The summed E-state index contributed by atoms with van der Waals surface area (Å²) in [5, 5.41) is 11.2. The second-order valence-corrected chi connectivity index (χ2v) is 5.46. The summed E-state index contributed by atoms with van der Waals surface area (Å²) >= 11 is 1.78. The lowest BCUT2D eigenvalue weighted by atomic mass is 10.2. The molecule has 2 rings (SSSR count). The first kappa shape index (κ1) is 13.1. The van der Waals surface area contributed by atoms with Crippen molar-refractivity contribution in [2.45, 2.75) is 26.0 Å². The molecule has 0 radical (unpaired) electrons. The maximum absolute atomic E-state index is 9.15. The monoisotopic (exact) mass is 262 g/mol. The fourth-order valence-electron chi connectivity index (χ4n) is 1.83. The minimum Gasteiger partial charge on any atom is -0.392 e. The maximum Gasteiger partial charge on any atom is 0.128 e. The Morgan fingerprint density at radius 2 is 2.28 bits per heavy atom. The van der Waals surface area contributed by atoms with E-state index >= 15 is 0 Å². The number of nitrogens with zero attached hydrogens (tertiary/aromatic N) is 2. The van der Waals surface area contributed by atoms with Crippen molar-refractivity contribution in [3.05, 3.63) is 46.3 Å². The van der Waals surface area contributed by atoms with Gasteiger partial charge in [-0.3, -0.25) is 0 Å². The second-order valence-electron chi connectivity index (χ2n) is 4.42. The van der Waals surface area contributed by atoms with Gasteiger partial charge in [-0.15, -0.1) is 11.3 Å². The molecule has 0 fully saturated rings. The molecular formula is C14H18N2OS. The van der Waals surface area contributed by atoms with Gasteiger partial charge in [0, 0.05) is 30.6 Å². The van der Waals surface area contributed by atoms with Gasteiger partial charge < -0.3 is 10.0 Å². The highest BCUT2D eigenvalue weighted by Gasteiger charge is 2.12. The predicted molar refractivity (Wildman–Crippen MR) is 76.0 cm³/mol. The number of aliphatic hydroxyl groups is 1. The van der Waals surface area contributed by atoms with Gasteiger partial charge in [-0.05, 0) is 36.1 Å². The SMILES string of the molecule is CC(Cc1cccs1)N(C)c1cc(CO)ccn1. The highest BCUT2D eigenvalue weighted by Crippen LogP contribution is 2.18. The minimum absolute atomic E-state index is 0.0582. The molecule has 3 nitrogen and oxygen atoms in total. The molecule has 0 bridgehead atoms. The Bertz CT molecular complexity index is 484. The van der Waals surface area contributed by atoms with E-state index in [1.165, 1.54) is 4.88 Å². The quantitative estimate of drug-likeness (QED) is 0.900. The summed E-state index contributed by atoms with van der Waals surface area (Å²) < 4.78 is 0. The number of rotatable bonds is 5. The molecule has 1 N–H and O–H groups in total. The van der Waals surface area contributed by atoms with Gasteiger partial charge in [0.15, 0.2) is 0 Å². The Morgan fingerprint density at radius 1 is 1.44 bits per heavy atom. The standard InChI is InChI=1S/C14H18N2OS/c1-11(8-13-4-3-7-18-13)16(2)14-9-12(10-17)5-6-15-14/h3-7,9,11,17H,8,10H2,1-2H3. The van der Waals surface area contributed by atoms with Gasteiger partial charge in [-0.2, -0.15) is 0 Å². The van der Waals surface area contributed by atoms with Crippen molar-refractivity contribution >= 4 is 17.2 Å². The fourth-order valence-corrected chi connectivity index (χ4v) is 2.66. The third kappa shape index (κ3) is 3.09. The average molecular weight is 262 g/mol. The van der Waals surface area contributed by atoms with E-state index in [4.69, 9.17) is 5.11 Å². The molecule has 0 aliphatic carbocycles. The Kier molecular flexibility index (Phi) is 4.33. The molecule has 0 saturated carbocycles. The molecule has 0 aliphatic rings. The smallest absolute Gasteiger partial charge is 0.128 e. The summed E-state index contributed by atoms with van der Waals surface area (Å²) in [6.45, 7) is 2.25. The van der Waals surface area contributed by atoms with Crippen LogP contribution in [0.15, 0.2) is 35.8 Å². The van der Waals surface area contributed by atoms with Crippen LogP contribution < -0.4 is 4.90 Å². The van der Waals surface area contributed by atoms with Gasteiger partial charge in [0.25, 0.3) is 0 Å². The van der Waals surface area contributed by atoms with E-state index in [9.17, 15) is 0 Å². The van der Waals surface area contributed by atoms with Crippen LogP contribution in [0.3, 0.4) is 0 Å². The largest absolute Gasteiger partial charge is 0.392 e. The number of aliphatic hydroxyl groups excluding tert-OH is 1. The number of likely N-dealkylation sites (N-methyl/N-ethyl adjacent to an activating group) is 1. The van der Waals surface area contributed by atoms with Crippen molar-refractivity contribution in [1.29, 1.82) is 0 Å². The summed E-state index contributed by atoms with van der Waals surface area (Å²) in [4.78, 5) is 7.89. The van der Waals surface area contributed by atoms with Gasteiger partial charge in [0.05, 0.1) is 6.61 Å². The maximum atomic E-state index is 9.15. The minimum atomic E-state index is 0.0582. The second kappa shape index (κ2) is 5.98. The van der Waals surface area contributed by atoms with Crippen LogP contribution in [0.2, 0.25) is 0 Å². The molecule has 1 atom stereocenters. The molecule has 2 aromatic heterocycles. The Hall–Kier alpha value is -1.39. The van der Waals surface area contributed by atoms with E-state index < -0.39 is 0 Å². The molecule has 2 aromatic rings. The number of hydrogen-bond donors (Lipinski definition) is 1. The lowest BCUT2D eigenvalue weighted by Gasteiger charge is -2.25. The van der Waals surface area contributed by atoms with Gasteiger partial charge in [-0.25, -0.2) is 4.98 Å². The van der Waals surface area contributed by atoms with E-state index in [0.717, 1.165) is 17.8 Å². The van der Waals surface area contributed by atoms with E-state index in [-0.39, 0.29) is 6.61 Å². The van der Waals surface area contributed by atoms with E-state index in [0.29, 0.717) is 6.04 Å². The molecule has 0 aromatic carbocycles. The first-order chi connectivity index (χ1) is 8.70. The molecule has 0 spiro atoms. The van der Waals surface area contributed by atoms with E-state index in [1.807, 2.05) is 19.2 Å². The lowest BCUT2D eigenvalue weighted by molar-refractivity contribution is 0.281. The summed E-state index contributed by atoms with van der Waals surface area (Å²) in [6, 6.07) is 8.39. The van der Waals surface area contributed by atoms with Crippen LogP contribution in [0.1, 0.15) is 17.4 Å². The summed E-state index contributed by atoms with van der Waals surface area (Å²) in [5.74, 6) is 0.908. The number of thiophene rings is 1. The number of aromatic nitrogens is 1. The fraction of sp³-hybridized carbons (Fsp3) is 0.357. The molecule has 96 valence electrons. The Balaban J connectivity index is 2.07. The summed E-state index contributed by atoms with van der Waals surface area (Å²) in [7, 11) is 2.04. The van der Waals surface area contributed by atoms with Crippen LogP contribution in [0, 0.1) is 0 Å². The van der Waals surface area contributed by atoms with Crippen LogP contribution in [0.5, 0.6) is 0 Å². The average Bonchev–Trinajstić information content (AvgIpc) is 2.90. The molecular weight excluding hydrogens is 244 g/mol. The highest BCUT2D eigenvalue weighted by atomic mass is 32.1. The number of anilines is 1. The van der Waals surface area contributed by atoms with Gasteiger partial charge in [0.2, 0.25) is 0 Å². The van der Waals surface area contributed by atoms with Crippen molar-refractivity contribution < 1.29 is 5.11 Å². The first-order valence-electron chi connectivity index (χ1n) is 6.01. The van der Waals surface area contributed by atoms with Crippen LogP contribution in [0.25, 0.3) is 0 Å². The van der Waals surface area contributed by atoms with Crippen molar-refractivity contribution in [2.24, 2.45) is 0 Å². The van der Waals surface area contributed by atoms with Crippen molar-refractivity contribution in [3.63, 3.8) is 0 Å². The summed E-state index contributed by atoms with van der Waals surface area (Å²) in [6.07, 6.45) is 2.76. The van der Waals surface area contributed by atoms with Crippen LogP contribution in [-0.4, -0.2) is 23.2 Å². The zero-order valence-corrected chi connectivity index (χ0v) is 11.5. The molecule has 4 heteroatoms. The molecule has 0 aliphatic heterocycles. The molecule has 1 unspecified atom stereocenters. The van der Waals surface area contributed by atoms with E-state index in [1.54, 1.807) is 17.5 Å². The number of pyridine rings is 1. The topological polar surface area (TPSA) is 36.4 Å². The first-order valence-corrected chi connectivity index (χ1v) is 6.89. The van der Waals surface area contributed by atoms with Gasteiger partial charge in [0.1, 0.15) is 5.82 Å². The van der Waals surface area contributed by atoms with Crippen LogP contribution in [0.4, 0.5) is 5.82 Å². The number of hydrogen-bond acceptors (Lipinski definition) is 4. The highest BCUT2D eigenvalue weighted by molar-refractivity contribution is 7.09. The van der Waals surface area contributed by atoms with Crippen molar-refractivity contribution in [1.82, 2.24) is 4.98 Å². The normalized spacial score (nSPS) is 12.4. The predicted octanol–water partition coefficient (Wildman–Crippen LogP) is 2.70. The third-order valence-corrected chi connectivity index (χ3v) is 3.99. The van der Waals surface area contributed by atoms with Gasteiger partial charge >= 0.3 is 0 Å². The van der Waals surface area contributed by atoms with Crippen LogP contribution in [-0.2, 0) is 13.0 Å². The zero-order valence-electron chi connectivity index (χ0n) is 10.7. The molecule has 18 heavy (non-hydrogen) atoms. The van der Waals surface area contributed by atoms with Crippen molar-refractivity contribution in [3.8, 4) is 0 Å². The zero-order chi connectivity index (χ0) is 13.0.